The smallest absolute Gasteiger partial charge is 0.262 e. The van der Waals surface area contributed by atoms with Crippen molar-refractivity contribution in [2.24, 2.45) is 0 Å². The summed E-state index contributed by atoms with van der Waals surface area (Å²) in [6.07, 6.45) is 0. The van der Waals surface area contributed by atoms with Crippen LogP contribution in [0.1, 0.15) is 22.4 Å². The molecule has 2 heterocycles. The lowest BCUT2D eigenvalue weighted by Gasteiger charge is -2.14. The number of imidazole rings is 1. The molecule has 3 rings (SSSR count). The van der Waals surface area contributed by atoms with E-state index < -0.39 is 6.04 Å². The summed E-state index contributed by atoms with van der Waals surface area (Å²) in [5.41, 5.74) is 1.99. The van der Waals surface area contributed by atoms with Crippen molar-refractivity contribution in [1.29, 1.82) is 0 Å². The Kier molecular flexibility index (Phi) is 5.73. The Labute approximate surface area is 163 Å². The van der Waals surface area contributed by atoms with Gasteiger partial charge in [0.1, 0.15) is 11.9 Å². The topological polar surface area (TPSA) is 76.0 Å². The fourth-order valence-corrected chi connectivity index (χ4v) is 3.98. The van der Waals surface area contributed by atoms with Gasteiger partial charge in [-0.05, 0) is 54.0 Å². The average Bonchev–Trinajstić information content (AvgIpc) is 3.18. The van der Waals surface area contributed by atoms with E-state index in [9.17, 15) is 9.59 Å². The second-order valence-electron chi connectivity index (χ2n) is 5.89. The van der Waals surface area contributed by atoms with Crippen molar-refractivity contribution in [2.75, 3.05) is 6.54 Å². The van der Waals surface area contributed by atoms with Crippen LogP contribution in [0.4, 0.5) is 0 Å². The monoisotopic (exact) mass is 434 g/mol. The highest BCUT2D eigenvalue weighted by Crippen LogP contribution is 2.21. The summed E-state index contributed by atoms with van der Waals surface area (Å²) in [6, 6.07) is 10.8. The molecular weight excluding hydrogens is 416 g/mol. The molecule has 0 aliphatic heterocycles. The largest absolute Gasteiger partial charge is 0.353 e. The van der Waals surface area contributed by atoms with Gasteiger partial charge in [-0.3, -0.25) is 9.59 Å². The molecule has 6 nitrogen and oxygen atoms in total. The van der Waals surface area contributed by atoms with E-state index in [0.29, 0.717) is 18.0 Å². The van der Waals surface area contributed by atoms with Crippen LogP contribution in [0.3, 0.4) is 0 Å². The molecular formula is C18H19BrN4O2S. The number of nitrogens with zero attached hydrogens (tertiary/aromatic N) is 2. The number of para-hydroxylation sites is 2. The second kappa shape index (κ2) is 8.01. The van der Waals surface area contributed by atoms with Crippen LogP contribution < -0.4 is 10.6 Å². The van der Waals surface area contributed by atoms with Gasteiger partial charge in [-0.2, -0.15) is 0 Å². The van der Waals surface area contributed by atoms with E-state index in [4.69, 9.17) is 0 Å². The fourth-order valence-electron chi connectivity index (χ4n) is 2.69. The van der Waals surface area contributed by atoms with Crippen LogP contribution in [0, 0.1) is 6.92 Å². The Morgan fingerprint density at radius 2 is 2.04 bits per heavy atom. The zero-order valence-corrected chi connectivity index (χ0v) is 16.9. The lowest BCUT2D eigenvalue weighted by Crippen LogP contribution is -2.45. The Hall–Kier alpha value is -2.19. The Bertz CT molecular complexity index is 950. The molecule has 0 saturated carbocycles. The number of carbonyl (C=O) groups is 2. The summed E-state index contributed by atoms with van der Waals surface area (Å²) >= 11 is 4.65. The highest BCUT2D eigenvalue weighted by atomic mass is 79.9. The van der Waals surface area contributed by atoms with Gasteiger partial charge in [-0.25, -0.2) is 4.98 Å². The van der Waals surface area contributed by atoms with Gasteiger partial charge >= 0.3 is 0 Å². The number of thiophene rings is 1. The lowest BCUT2D eigenvalue weighted by molar-refractivity contribution is -0.122. The summed E-state index contributed by atoms with van der Waals surface area (Å²) < 4.78 is 2.95. The van der Waals surface area contributed by atoms with Crippen LogP contribution in [0.2, 0.25) is 0 Å². The molecule has 1 unspecified atom stereocenters. The highest BCUT2D eigenvalue weighted by molar-refractivity contribution is 9.11. The van der Waals surface area contributed by atoms with Crippen molar-refractivity contribution in [3.8, 4) is 0 Å². The first-order valence-electron chi connectivity index (χ1n) is 8.21. The molecule has 0 radical (unpaired) electrons. The Morgan fingerprint density at radius 3 is 2.77 bits per heavy atom. The zero-order valence-electron chi connectivity index (χ0n) is 14.5. The van der Waals surface area contributed by atoms with Crippen LogP contribution in [-0.4, -0.2) is 34.0 Å². The molecule has 1 aromatic carbocycles. The molecule has 3 aromatic rings. The van der Waals surface area contributed by atoms with Crippen molar-refractivity contribution in [2.45, 2.75) is 26.4 Å². The quantitative estimate of drug-likeness (QED) is 0.625. The summed E-state index contributed by atoms with van der Waals surface area (Å²) in [4.78, 5) is 29.4. The Morgan fingerprint density at radius 1 is 1.27 bits per heavy atom. The van der Waals surface area contributed by atoms with Gasteiger partial charge in [0.25, 0.3) is 5.91 Å². The highest BCUT2D eigenvalue weighted by Gasteiger charge is 2.17. The molecule has 2 amide bonds. The number of carbonyl (C=O) groups excluding carboxylic acids is 2. The molecule has 0 bridgehead atoms. The maximum absolute atomic E-state index is 12.2. The van der Waals surface area contributed by atoms with E-state index in [1.165, 1.54) is 11.3 Å². The van der Waals surface area contributed by atoms with Gasteiger partial charge in [-0.15, -0.1) is 11.3 Å². The van der Waals surface area contributed by atoms with Crippen molar-refractivity contribution in [3.05, 3.63) is 50.9 Å². The summed E-state index contributed by atoms with van der Waals surface area (Å²) in [6.45, 7) is 4.71. The predicted molar refractivity (Wildman–Crippen MR) is 106 cm³/mol. The van der Waals surface area contributed by atoms with Crippen molar-refractivity contribution >= 4 is 50.1 Å². The number of aryl methyl sites for hydroxylation is 1. The second-order valence-corrected chi connectivity index (χ2v) is 8.35. The van der Waals surface area contributed by atoms with Crippen LogP contribution in [-0.2, 0) is 11.3 Å². The number of aromatic nitrogens is 2. The van der Waals surface area contributed by atoms with Gasteiger partial charge < -0.3 is 15.2 Å². The van der Waals surface area contributed by atoms with Crippen molar-refractivity contribution < 1.29 is 9.59 Å². The van der Waals surface area contributed by atoms with Crippen LogP contribution in [0.5, 0.6) is 0 Å². The van der Waals surface area contributed by atoms with Gasteiger partial charge in [0, 0.05) is 13.1 Å². The molecule has 0 aliphatic carbocycles. The first kappa shape index (κ1) is 18.6. The first-order chi connectivity index (χ1) is 12.5. The summed E-state index contributed by atoms with van der Waals surface area (Å²) in [5.74, 6) is 0.445. The maximum Gasteiger partial charge on any atom is 0.262 e. The number of hydrogen-bond acceptors (Lipinski definition) is 4. The molecule has 8 heteroatoms. The molecule has 2 aromatic heterocycles. The molecule has 136 valence electrons. The van der Waals surface area contributed by atoms with E-state index in [1.54, 1.807) is 13.0 Å². The van der Waals surface area contributed by atoms with E-state index in [1.807, 2.05) is 37.3 Å². The van der Waals surface area contributed by atoms with Gasteiger partial charge in [0.05, 0.1) is 19.7 Å². The number of hydrogen-bond donors (Lipinski definition) is 2. The number of nitrogens with one attached hydrogen (secondary N) is 2. The normalized spacial score (nSPS) is 12.1. The van der Waals surface area contributed by atoms with Crippen LogP contribution in [0.15, 0.2) is 40.2 Å². The summed E-state index contributed by atoms with van der Waals surface area (Å²) in [7, 11) is 0. The van der Waals surface area contributed by atoms with E-state index in [0.717, 1.165) is 20.6 Å². The van der Waals surface area contributed by atoms with Crippen LogP contribution in [0.25, 0.3) is 11.0 Å². The van der Waals surface area contributed by atoms with Crippen LogP contribution >= 0.6 is 27.3 Å². The molecule has 1 atom stereocenters. The van der Waals surface area contributed by atoms with E-state index in [2.05, 4.69) is 36.1 Å². The van der Waals surface area contributed by atoms with Gasteiger partial charge in [0.2, 0.25) is 5.91 Å². The molecule has 0 spiro atoms. The third-order valence-electron chi connectivity index (χ3n) is 4.02. The maximum atomic E-state index is 12.2. The molecule has 0 saturated heterocycles. The average molecular weight is 435 g/mol. The third kappa shape index (κ3) is 4.13. The number of rotatable bonds is 6. The lowest BCUT2D eigenvalue weighted by atomic mass is 10.3. The summed E-state index contributed by atoms with van der Waals surface area (Å²) in [5, 5.41) is 5.58. The van der Waals surface area contributed by atoms with Gasteiger partial charge in [0.15, 0.2) is 0 Å². The van der Waals surface area contributed by atoms with Crippen molar-refractivity contribution in [3.63, 3.8) is 0 Å². The molecule has 0 fully saturated rings. The zero-order chi connectivity index (χ0) is 18.7. The van der Waals surface area contributed by atoms with E-state index in [-0.39, 0.29) is 11.8 Å². The number of benzene rings is 1. The minimum Gasteiger partial charge on any atom is -0.353 e. The molecule has 26 heavy (non-hydrogen) atoms. The molecule has 0 aliphatic rings. The minimum atomic E-state index is -0.607. The first-order valence-corrected chi connectivity index (χ1v) is 9.82. The predicted octanol–water partition coefficient (Wildman–Crippen LogP) is 3.10. The third-order valence-corrected chi connectivity index (χ3v) is 5.64. The number of halogens is 1. The minimum absolute atomic E-state index is 0.212. The fraction of sp³-hybridized carbons (Fsp3) is 0.278. The standard InChI is InChI=1S/C18H19BrN4O2S/c1-11(21-18(25)15-7-8-16(19)26-15)17(24)20-9-10-23-12(2)22-13-5-3-4-6-14(13)23/h3-8,11H,9-10H2,1-2H3,(H,20,24)(H,21,25). The number of amides is 2. The van der Waals surface area contributed by atoms with Crippen molar-refractivity contribution in [1.82, 2.24) is 20.2 Å². The Balaban J connectivity index is 1.53. The number of fused-ring (bicyclic) bond motifs is 1. The SMILES string of the molecule is Cc1nc2ccccc2n1CCNC(=O)C(C)NC(=O)c1ccc(Br)s1. The van der Waals surface area contributed by atoms with Gasteiger partial charge in [-0.1, -0.05) is 12.1 Å². The van der Waals surface area contributed by atoms with E-state index >= 15 is 0 Å². The molecule has 2 N–H and O–H groups in total.